The summed E-state index contributed by atoms with van der Waals surface area (Å²) in [5.41, 5.74) is 7.70. The van der Waals surface area contributed by atoms with Crippen molar-refractivity contribution in [2.24, 2.45) is 11.1 Å². The van der Waals surface area contributed by atoms with Crippen LogP contribution in [0.25, 0.3) is 0 Å². The van der Waals surface area contributed by atoms with Gasteiger partial charge < -0.3 is 15.5 Å². The number of nitrogens with two attached hydrogens (primary N) is 1. The van der Waals surface area contributed by atoms with E-state index in [4.69, 9.17) is 5.73 Å². The van der Waals surface area contributed by atoms with E-state index < -0.39 is 6.04 Å². The molecule has 1 heterocycles. The van der Waals surface area contributed by atoms with Crippen molar-refractivity contribution in [3.05, 3.63) is 35.4 Å². The third kappa shape index (κ3) is 4.10. The highest BCUT2D eigenvalue weighted by molar-refractivity contribution is 5.84. The number of rotatable bonds is 2. The molecule has 2 N–H and O–H groups in total. The lowest BCUT2D eigenvalue weighted by atomic mass is 9.94. The normalized spacial score (nSPS) is 17.1. The molecule has 0 aromatic heterocycles. The van der Waals surface area contributed by atoms with Crippen molar-refractivity contribution in [3.63, 3.8) is 0 Å². The molecule has 0 radical (unpaired) electrons. The summed E-state index contributed by atoms with van der Waals surface area (Å²) in [7, 11) is 0. The van der Waals surface area contributed by atoms with Crippen LogP contribution in [0.5, 0.6) is 0 Å². The summed E-state index contributed by atoms with van der Waals surface area (Å²) >= 11 is 0. The van der Waals surface area contributed by atoms with Crippen LogP contribution in [-0.2, 0) is 9.59 Å². The Hall–Kier alpha value is -1.88. The number of aryl methyl sites for hydroxylation is 1. The number of benzene rings is 1. The molecule has 0 spiro atoms. The highest BCUT2D eigenvalue weighted by atomic mass is 16.2. The first-order valence-electron chi connectivity index (χ1n) is 8.10. The van der Waals surface area contributed by atoms with E-state index in [2.05, 4.69) is 0 Å². The van der Waals surface area contributed by atoms with Crippen LogP contribution in [0.1, 0.15) is 37.9 Å². The van der Waals surface area contributed by atoms with E-state index in [1.807, 2.05) is 56.9 Å². The summed E-state index contributed by atoms with van der Waals surface area (Å²) in [6, 6.07) is 7.08. The summed E-state index contributed by atoms with van der Waals surface area (Å²) in [4.78, 5) is 28.4. The molecule has 0 saturated carbocycles. The fourth-order valence-corrected chi connectivity index (χ4v) is 2.72. The highest BCUT2D eigenvalue weighted by Crippen LogP contribution is 2.20. The summed E-state index contributed by atoms with van der Waals surface area (Å²) in [5, 5.41) is 0. The molecule has 1 aromatic rings. The van der Waals surface area contributed by atoms with Crippen molar-refractivity contribution in [1.82, 2.24) is 9.80 Å². The van der Waals surface area contributed by atoms with Gasteiger partial charge in [0.25, 0.3) is 0 Å². The van der Waals surface area contributed by atoms with Crippen molar-refractivity contribution >= 4 is 11.8 Å². The zero-order valence-electron chi connectivity index (χ0n) is 14.5. The molecule has 0 aliphatic carbocycles. The van der Waals surface area contributed by atoms with Crippen LogP contribution in [0.4, 0.5) is 0 Å². The Bertz CT molecular complexity index is 567. The molecule has 2 amide bonds. The second-order valence-corrected chi connectivity index (χ2v) is 7.26. The fourth-order valence-electron chi connectivity index (χ4n) is 2.72. The number of amides is 2. The van der Waals surface area contributed by atoms with E-state index in [1.54, 1.807) is 4.90 Å². The van der Waals surface area contributed by atoms with Gasteiger partial charge in [0.1, 0.15) is 6.04 Å². The molecule has 1 aliphatic heterocycles. The number of piperazine rings is 1. The van der Waals surface area contributed by atoms with Gasteiger partial charge in [-0.15, -0.1) is 0 Å². The molecule has 126 valence electrons. The lowest BCUT2D eigenvalue weighted by molar-refractivity contribution is -0.145. The Morgan fingerprint density at radius 1 is 1.00 bits per heavy atom. The van der Waals surface area contributed by atoms with Crippen molar-refractivity contribution in [3.8, 4) is 0 Å². The van der Waals surface area contributed by atoms with Crippen LogP contribution in [-0.4, -0.2) is 47.8 Å². The number of hydrogen-bond acceptors (Lipinski definition) is 3. The van der Waals surface area contributed by atoms with Crippen LogP contribution in [0, 0.1) is 12.3 Å². The molecule has 1 saturated heterocycles. The molecule has 1 unspecified atom stereocenters. The molecule has 1 aromatic carbocycles. The van der Waals surface area contributed by atoms with Gasteiger partial charge >= 0.3 is 0 Å². The Balaban J connectivity index is 1.95. The van der Waals surface area contributed by atoms with Crippen molar-refractivity contribution in [1.29, 1.82) is 0 Å². The van der Waals surface area contributed by atoms with E-state index in [0.717, 1.165) is 11.1 Å². The number of hydrogen-bond donors (Lipinski definition) is 1. The van der Waals surface area contributed by atoms with Gasteiger partial charge in [-0.25, -0.2) is 0 Å². The molecule has 2 rings (SSSR count). The average Bonchev–Trinajstić information content (AvgIpc) is 2.53. The van der Waals surface area contributed by atoms with Crippen molar-refractivity contribution < 1.29 is 9.59 Å². The second kappa shape index (κ2) is 6.71. The van der Waals surface area contributed by atoms with Gasteiger partial charge in [0.15, 0.2) is 0 Å². The van der Waals surface area contributed by atoms with Gasteiger partial charge in [0.2, 0.25) is 11.8 Å². The zero-order chi connectivity index (χ0) is 17.2. The molecular weight excluding hydrogens is 290 g/mol. The van der Waals surface area contributed by atoms with Gasteiger partial charge in [-0.1, -0.05) is 50.6 Å². The molecule has 23 heavy (non-hydrogen) atoms. The third-order valence-corrected chi connectivity index (χ3v) is 4.22. The average molecular weight is 317 g/mol. The van der Waals surface area contributed by atoms with Gasteiger partial charge in [0, 0.05) is 31.6 Å². The minimum absolute atomic E-state index is 0.0725. The minimum Gasteiger partial charge on any atom is -0.339 e. The topological polar surface area (TPSA) is 66.6 Å². The van der Waals surface area contributed by atoms with Crippen LogP contribution >= 0.6 is 0 Å². The van der Waals surface area contributed by atoms with Gasteiger partial charge in [-0.3, -0.25) is 9.59 Å². The maximum Gasteiger partial charge on any atom is 0.244 e. The summed E-state index contributed by atoms with van der Waals surface area (Å²) in [6.45, 7) is 9.98. The Kier molecular flexibility index (Phi) is 5.09. The Labute approximate surface area is 138 Å². The van der Waals surface area contributed by atoms with Crippen molar-refractivity contribution in [2.45, 2.75) is 33.7 Å². The molecule has 0 bridgehead atoms. The lowest BCUT2D eigenvalue weighted by Gasteiger charge is -2.38. The first-order chi connectivity index (χ1) is 10.7. The van der Waals surface area contributed by atoms with E-state index in [9.17, 15) is 9.59 Å². The summed E-state index contributed by atoms with van der Waals surface area (Å²) in [5.74, 6) is 0.0594. The van der Waals surface area contributed by atoms with Gasteiger partial charge in [0.05, 0.1) is 0 Å². The smallest absolute Gasteiger partial charge is 0.244 e. The quantitative estimate of drug-likeness (QED) is 0.903. The second-order valence-electron chi connectivity index (χ2n) is 7.26. The highest BCUT2D eigenvalue weighted by Gasteiger charge is 2.32. The number of carbonyl (C=O) groups is 2. The molecule has 1 fully saturated rings. The van der Waals surface area contributed by atoms with Crippen LogP contribution in [0.2, 0.25) is 0 Å². The first-order valence-corrected chi connectivity index (χ1v) is 8.10. The third-order valence-electron chi connectivity index (χ3n) is 4.22. The first kappa shape index (κ1) is 17.5. The maximum atomic E-state index is 12.6. The van der Waals surface area contributed by atoms with E-state index in [0.29, 0.717) is 26.2 Å². The summed E-state index contributed by atoms with van der Waals surface area (Å²) < 4.78 is 0. The SMILES string of the molecule is Cc1ccc(C(N)C(=O)N2CCN(C(=O)C(C)(C)C)CC2)cc1. The summed E-state index contributed by atoms with van der Waals surface area (Å²) in [6.07, 6.45) is 0. The Morgan fingerprint density at radius 2 is 1.48 bits per heavy atom. The van der Waals surface area contributed by atoms with E-state index in [-0.39, 0.29) is 17.2 Å². The lowest BCUT2D eigenvalue weighted by Crippen LogP contribution is -2.54. The fraction of sp³-hybridized carbons (Fsp3) is 0.556. The van der Waals surface area contributed by atoms with Crippen LogP contribution in [0.3, 0.4) is 0 Å². The molecule has 5 heteroatoms. The largest absolute Gasteiger partial charge is 0.339 e. The van der Waals surface area contributed by atoms with E-state index >= 15 is 0 Å². The molecular formula is C18H27N3O2. The van der Waals surface area contributed by atoms with E-state index in [1.165, 1.54) is 0 Å². The monoisotopic (exact) mass is 317 g/mol. The van der Waals surface area contributed by atoms with Gasteiger partial charge in [-0.05, 0) is 12.5 Å². The zero-order valence-corrected chi connectivity index (χ0v) is 14.5. The Morgan fingerprint density at radius 3 is 1.96 bits per heavy atom. The molecule has 1 atom stereocenters. The van der Waals surface area contributed by atoms with Crippen LogP contribution in [0.15, 0.2) is 24.3 Å². The predicted octanol–water partition coefficient (Wildman–Crippen LogP) is 1.71. The predicted molar refractivity (Wildman–Crippen MR) is 90.7 cm³/mol. The number of nitrogens with zero attached hydrogens (tertiary/aromatic N) is 2. The minimum atomic E-state index is -0.638. The van der Waals surface area contributed by atoms with Crippen LogP contribution < -0.4 is 5.73 Å². The number of carbonyl (C=O) groups excluding carboxylic acids is 2. The maximum absolute atomic E-state index is 12.6. The molecule has 1 aliphatic rings. The van der Waals surface area contributed by atoms with Crippen molar-refractivity contribution in [2.75, 3.05) is 26.2 Å². The molecule has 5 nitrogen and oxygen atoms in total. The van der Waals surface area contributed by atoms with Gasteiger partial charge in [-0.2, -0.15) is 0 Å². The standard InChI is InChI=1S/C18H27N3O2/c1-13-5-7-14(8-6-13)15(19)16(22)20-9-11-21(12-10-20)17(23)18(2,3)4/h5-8,15H,9-12,19H2,1-4H3.